The molecule has 0 saturated carbocycles. The van der Waals surface area contributed by atoms with Gasteiger partial charge in [-0.05, 0) is 163 Å². The number of aliphatic hydroxyl groups excluding tert-OH is 2. The molecule has 67 heavy (non-hydrogen) atoms. The fraction of sp³-hybridized carbons (Fsp3) is 0.929. The van der Waals surface area contributed by atoms with Crippen LogP contribution in [0.1, 0.15) is 89.9 Å². The molecule has 0 bridgehead atoms. The van der Waals surface area contributed by atoms with Crippen molar-refractivity contribution in [3.8, 4) is 0 Å². The van der Waals surface area contributed by atoms with E-state index in [0.717, 1.165) is 149 Å². The molecule has 25 heteroatoms. The Morgan fingerprint density at radius 1 is 0.642 bits per heavy atom. The quantitative estimate of drug-likeness (QED) is 0.0841. The summed E-state index contributed by atoms with van der Waals surface area (Å²) < 4.78 is 15.0. The normalized spacial score (nSPS) is 20.9. The Kier molecular flexibility index (Phi) is 41.7. The molecule has 7 rings (SSSR count). The lowest BCUT2D eigenvalue weighted by atomic mass is 9.82. The van der Waals surface area contributed by atoms with Gasteiger partial charge >= 0.3 is 33.3 Å². The van der Waals surface area contributed by atoms with Gasteiger partial charge in [-0.1, -0.05) is 0 Å². The number of hydrogen-bond donors (Lipinski definition) is 8. The highest BCUT2D eigenvalue weighted by atomic mass is 35.5. The number of cyclic esters (lactones) is 2. The summed E-state index contributed by atoms with van der Waals surface area (Å²) in [6.07, 6.45) is 13.1. The van der Waals surface area contributed by atoms with Gasteiger partial charge in [-0.2, -0.15) is 0 Å². The van der Waals surface area contributed by atoms with E-state index in [9.17, 15) is 24.4 Å². The van der Waals surface area contributed by atoms with Crippen molar-refractivity contribution in [2.24, 2.45) is 5.73 Å². The van der Waals surface area contributed by atoms with Crippen LogP contribution in [0, 0.1) is 0 Å². The molecule has 7 aliphatic rings. The number of halogens is 3. The molecule has 0 aromatic carbocycles. The number of carbonyl (C=O) groups is 3. The fourth-order valence-corrected chi connectivity index (χ4v) is 8.10. The number of rotatable bonds is 11. The Morgan fingerprint density at radius 2 is 1.06 bits per heavy atom. The summed E-state index contributed by atoms with van der Waals surface area (Å²) in [6, 6.07) is 1.27. The summed E-state index contributed by atoms with van der Waals surface area (Å²) in [5.41, 5.74) is 4.98. The van der Waals surface area contributed by atoms with Crippen molar-refractivity contribution in [3.63, 3.8) is 0 Å². The third kappa shape index (κ3) is 31.0. The summed E-state index contributed by atoms with van der Waals surface area (Å²) in [5, 5.41) is 51.4. The van der Waals surface area contributed by atoms with E-state index in [2.05, 4.69) is 15.4 Å². The highest BCUT2D eigenvalue weighted by Crippen LogP contribution is 2.20. The topological polar surface area (TPSA) is 246 Å². The van der Waals surface area contributed by atoms with Crippen molar-refractivity contribution in [2.75, 3.05) is 124 Å². The number of amides is 2. The van der Waals surface area contributed by atoms with E-state index in [1.165, 1.54) is 12.8 Å². The molecule has 0 unspecified atom stereocenters. The minimum Gasteiger partial charge on any atom is -0.449 e. The zero-order valence-electron chi connectivity index (χ0n) is 41.0. The van der Waals surface area contributed by atoms with Crippen LogP contribution in [0.3, 0.4) is 0 Å². The van der Waals surface area contributed by atoms with E-state index in [-0.39, 0.29) is 57.2 Å². The molecule has 0 spiro atoms. The van der Waals surface area contributed by atoms with Gasteiger partial charge in [0.2, 0.25) is 0 Å². The molecule has 0 radical (unpaired) electrons. The van der Waals surface area contributed by atoms with Crippen LogP contribution in [-0.2, 0) is 19.0 Å². The third-order valence-electron chi connectivity index (χ3n) is 12.1. The molecule has 0 aromatic rings. The maximum Gasteiger partial charge on any atom is 0.410 e. The van der Waals surface area contributed by atoms with Gasteiger partial charge in [-0.3, -0.25) is 4.79 Å². The van der Waals surface area contributed by atoms with Crippen molar-refractivity contribution in [1.82, 2.24) is 34.9 Å². The Hall–Kier alpha value is -1.21. The van der Waals surface area contributed by atoms with Crippen molar-refractivity contribution >= 4 is 74.7 Å². The number of nitrogens with one attached hydrogen (secondary N) is 2. The smallest absolute Gasteiger partial charge is 0.410 e. The number of piperidine rings is 4. The number of carbonyl (C=O) groups excluding carboxylic acids is 3. The van der Waals surface area contributed by atoms with Crippen molar-refractivity contribution in [1.29, 1.82) is 0 Å². The van der Waals surface area contributed by atoms with E-state index in [0.29, 0.717) is 56.5 Å². The molecule has 7 heterocycles. The van der Waals surface area contributed by atoms with Gasteiger partial charge in [0, 0.05) is 70.5 Å². The maximum atomic E-state index is 11.5. The molecular weight excluding hydrogens is 931 g/mol. The summed E-state index contributed by atoms with van der Waals surface area (Å²) in [4.78, 5) is 43.4. The average molecular weight is 1020 g/mol. The molecule has 19 nitrogen and oxygen atoms in total. The number of nitrogens with zero attached hydrogens (tertiary/aromatic N) is 5. The predicted octanol–water partition coefficient (Wildman–Crippen LogP) is 2.25. The predicted molar refractivity (Wildman–Crippen MR) is 272 cm³/mol. The van der Waals surface area contributed by atoms with Crippen LogP contribution in [0.25, 0.3) is 0 Å². The first kappa shape index (κ1) is 65.8. The second-order valence-electron chi connectivity index (χ2n) is 17.2. The summed E-state index contributed by atoms with van der Waals surface area (Å²) in [6.45, 7) is 19.3. The molecule has 7 saturated heterocycles. The number of nitrogens with two attached hydrogens (primary N) is 1. The number of ether oxygens (including phenoxy) is 3. The molecule has 0 aromatic heterocycles. The first-order valence-electron chi connectivity index (χ1n) is 24.5. The largest absolute Gasteiger partial charge is 0.449 e. The molecule has 9 N–H and O–H groups in total. The average Bonchev–Trinajstić information content (AvgIpc) is 3.93. The highest BCUT2D eigenvalue weighted by Gasteiger charge is 2.32. The Morgan fingerprint density at radius 3 is 1.42 bits per heavy atom. The molecule has 0 aliphatic carbocycles. The van der Waals surface area contributed by atoms with Gasteiger partial charge < -0.3 is 80.1 Å². The molecule has 7 fully saturated rings. The van der Waals surface area contributed by atoms with Gasteiger partial charge in [-0.25, -0.2) is 9.59 Å². The van der Waals surface area contributed by atoms with E-state index < -0.39 is 7.05 Å². The minimum atomic E-state index is -0.395. The van der Waals surface area contributed by atoms with Crippen LogP contribution >= 0.6 is 35.6 Å². The van der Waals surface area contributed by atoms with Gasteiger partial charge in [0.15, 0.2) is 0 Å². The first-order chi connectivity index (χ1) is 31.8. The van der Waals surface area contributed by atoms with Crippen LogP contribution in [0.2, 0.25) is 20.5 Å². The first-order valence-corrected chi connectivity index (χ1v) is 25.6. The maximum absolute atomic E-state index is 11.5. The zero-order chi connectivity index (χ0) is 49.0. The van der Waals surface area contributed by atoms with E-state index in [4.69, 9.17) is 58.4 Å². The van der Waals surface area contributed by atoms with Crippen molar-refractivity contribution in [2.45, 2.75) is 128 Å². The number of hydrogen-bond acceptors (Lipinski definition) is 17. The number of Topliss-reactive ketones (excluding diaryl/α,β-unsaturated/α-hetero) is 1. The van der Waals surface area contributed by atoms with Crippen LogP contribution < -0.4 is 16.4 Å². The molecule has 0 atom stereocenters. The van der Waals surface area contributed by atoms with Gasteiger partial charge in [0.1, 0.15) is 5.78 Å². The number of ketones is 1. The number of aliphatic hydroxyl groups is 2. The highest BCUT2D eigenvalue weighted by molar-refractivity contribution is 6.46. The standard InChI is InChI=1S/C10H19BN2O3.C9H21BN2O2.C9H16N2O2.C6H12BNO2.C4H8O.C3H9NO.CH2Cl2.ClH/c1-11(15)12-6-3-9(4-7-12)13-5-2-8-16-10(13)14;1-10(14)12-6-3-9(4-7-12)11-5-2-8-13;12-9-11(6-1-7-13-9)8-2-4-10-5-3-8;1-7(10)8-4-2-6(9)3-5-8;1-2-4-5-3-1;4-2-1-3-5;2-1-3;/h9,15H,2-8H2,1H3;9,11,13-14H,2-8H2,1H3;8,10H,1-7H2;10H,2-5H2,1H3;1-4H2;5H,1-4H2;1H2;1H. The third-order valence-corrected chi connectivity index (χ3v) is 12.1. The second kappa shape index (κ2) is 42.5. The van der Waals surface area contributed by atoms with E-state index >= 15 is 0 Å². The minimum absolute atomic E-state index is 0. The van der Waals surface area contributed by atoms with Crippen LogP contribution in [0.4, 0.5) is 9.59 Å². The Balaban J connectivity index is 0.000000798. The monoisotopic (exact) mass is 1020 g/mol. The summed E-state index contributed by atoms with van der Waals surface area (Å²) in [7, 11) is -1.09. The molecule has 392 valence electrons. The lowest BCUT2D eigenvalue weighted by Crippen LogP contribution is -2.52. The van der Waals surface area contributed by atoms with Crippen LogP contribution in [0.15, 0.2) is 0 Å². The lowest BCUT2D eigenvalue weighted by Gasteiger charge is -2.39. The van der Waals surface area contributed by atoms with Crippen molar-refractivity contribution < 1.29 is 53.9 Å². The Labute approximate surface area is 419 Å². The van der Waals surface area contributed by atoms with Crippen LogP contribution in [0.5, 0.6) is 0 Å². The van der Waals surface area contributed by atoms with Crippen LogP contribution in [-0.4, -0.2) is 230 Å². The van der Waals surface area contributed by atoms with Crippen molar-refractivity contribution in [3.05, 3.63) is 0 Å². The second-order valence-corrected chi connectivity index (χ2v) is 18.0. The summed E-state index contributed by atoms with van der Waals surface area (Å²) in [5.74, 6) is 0.317. The molecular formula is C42H88B3Cl3N8O11. The molecule has 7 aliphatic heterocycles. The molecule has 2 amide bonds. The number of alkyl halides is 2. The van der Waals surface area contributed by atoms with E-state index in [1.54, 1.807) is 13.6 Å². The lowest BCUT2D eigenvalue weighted by molar-refractivity contribution is -0.120. The van der Waals surface area contributed by atoms with Gasteiger partial charge in [-0.15, -0.1) is 35.6 Å². The van der Waals surface area contributed by atoms with Gasteiger partial charge in [0.25, 0.3) is 0 Å². The van der Waals surface area contributed by atoms with E-state index in [1.807, 2.05) is 26.2 Å². The van der Waals surface area contributed by atoms with Gasteiger partial charge in [0.05, 0.1) is 18.6 Å². The SMILES string of the molecule is C1CCOC1.CB(O)N1CCC(=O)CC1.CB(O)N1CCC(N2CCCOC2=O)CC1.CB(O)N1CCC(NCCCO)CC1.Cl.ClCCl.NCCCO.O=C1OCCCN1C1CCNCC1. The Bertz CT molecular complexity index is 1200. The fourth-order valence-electron chi connectivity index (χ4n) is 8.10. The summed E-state index contributed by atoms with van der Waals surface area (Å²) >= 11 is 9.53. The zero-order valence-corrected chi connectivity index (χ0v) is 43.3.